The summed E-state index contributed by atoms with van der Waals surface area (Å²) in [5.74, 6) is 9.80. The van der Waals surface area contributed by atoms with Crippen molar-refractivity contribution in [3.63, 3.8) is 0 Å². The van der Waals surface area contributed by atoms with Crippen LogP contribution in [0.15, 0.2) is 24.3 Å². The largest absolute Gasteiger partial charge is 0.0857 e. The van der Waals surface area contributed by atoms with Crippen LogP contribution < -0.4 is 0 Å². The topological polar surface area (TPSA) is 0 Å². The first-order valence-electron chi connectivity index (χ1n) is 18.6. The van der Waals surface area contributed by atoms with E-state index in [1.54, 1.807) is 0 Å². The third-order valence-corrected chi connectivity index (χ3v) is 8.84. The molecule has 2 unspecified atom stereocenters. The summed E-state index contributed by atoms with van der Waals surface area (Å²) in [7, 11) is 0. The second-order valence-electron chi connectivity index (χ2n) is 16.3. The fourth-order valence-electron chi connectivity index (χ4n) is 4.30. The highest BCUT2D eigenvalue weighted by atomic mass is 14.2. The van der Waals surface area contributed by atoms with Gasteiger partial charge in [-0.2, -0.15) is 0 Å². The maximum atomic E-state index is 2.37. The van der Waals surface area contributed by atoms with Crippen LogP contribution in [0, 0.1) is 71.0 Å². The van der Waals surface area contributed by atoms with Crippen LogP contribution in [-0.2, 0) is 0 Å². The summed E-state index contributed by atoms with van der Waals surface area (Å²) in [6.45, 7) is 45.7. The molecule has 0 saturated heterocycles. The summed E-state index contributed by atoms with van der Waals surface area (Å²) < 4.78 is 0. The van der Waals surface area contributed by atoms with Crippen LogP contribution in [0.25, 0.3) is 0 Å². The molecule has 0 saturated carbocycles. The van der Waals surface area contributed by atoms with Crippen molar-refractivity contribution in [3.05, 3.63) is 24.3 Å². The van der Waals surface area contributed by atoms with Crippen molar-refractivity contribution in [2.75, 3.05) is 0 Å². The van der Waals surface area contributed by atoms with Gasteiger partial charge in [-0.3, -0.25) is 0 Å². The number of hydrogen-bond acceptors (Lipinski definition) is 0. The third-order valence-electron chi connectivity index (χ3n) is 8.84. The maximum absolute atomic E-state index is 2.37. The van der Waals surface area contributed by atoms with Gasteiger partial charge in [0.1, 0.15) is 0 Å². The van der Waals surface area contributed by atoms with E-state index >= 15 is 0 Å². The molecule has 0 N–H and O–H groups in total. The first-order chi connectivity index (χ1) is 19.2. The average molecular weight is 593 g/mol. The number of rotatable bonds is 16. The molecule has 0 aromatic rings. The molecule has 42 heavy (non-hydrogen) atoms. The molecule has 0 radical (unpaired) electrons. The van der Waals surface area contributed by atoms with Crippen LogP contribution in [0.2, 0.25) is 0 Å². The zero-order chi connectivity index (χ0) is 34.0. The minimum atomic E-state index is 0.696. The molecule has 0 aliphatic rings. The van der Waals surface area contributed by atoms with Crippen LogP contribution in [-0.4, -0.2) is 0 Å². The highest BCUT2D eigenvalue weighted by Gasteiger charge is 2.11. The standard InChI is InChI=1S/C11H24.C11H22.C10H22.C10H20/c2*1-6-11(10(4)5)8-7-9(2)3;2*1-8(2)6-7-10(5)9(3)4/h9-11H,6-8H2,1-5H3;7-11H,6H2,1-5H3;8-10H,6-7H2,1-5H3;6-10H,1-5H3/b;8-7+;;7-6+/t;11-;10-;/m.00./s1. The van der Waals surface area contributed by atoms with Crippen molar-refractivity contribution in [1.82, 2.24) is 0 Å². The van der Waals surface area contributed by atoms with Crippen molar-refractivity contribution in [2.24, 2.45) is 71.0 Å². The van der Waals surface area contributed by atoms with Gasteiger partial charge in [-0.05, 0) is 83.9 Å². The first kappa shape index (κ1) is 48.4. The molecular formula is C42H88. The highest BCUT2D eigenvalue weighted by molar-refractivity contribution is 4.91. The molecule has 0 aromatic heterocycles. The zero-order valence-electron chi connectivity index (χ0n) is 33.5. The van der Waals surface area contributed by atoms with Crippen molar-refractivity contribution in [3.8, 4) is 0 Å². The fraction of sp³-hybridized carbons (Fsp3) is 0.905. The van der Waals surface area contributed by atoms with E-state index in [-0.39, 0.29) is 0 Å². The van der Waals surface area contributed by atoms with E-state index in [0.717, 1.165) is 59.2 Å². The summed E-state index contributed by atoms with van der Waals surface area (Å²) in [5.41, 5.74) is 0. The lowest BCUT2D eigenvalue weighted by atomic mass is 9.87. The van der Waals surface area contributed by atoms with E-state index in [0.29, 0.717) is 11.8 Å². The molecule has 0 fully saturated rings. The van der Waals surface area contributed by atoms with Crippen LogP contribution in [0.5, 0.6) is 0 Å². The molecule has 0 rings (SSSR count). The maximum Gasteiger partial charge on any atom is -0.0213 e. The molecular weight excluding hydrogens is 504 g/mol. The van der Waals surface area contributed by atoms with Crippen molar-refractivity contribution < 1.29 is 0 Å². The Bertz CT molecular complexity index is 569. The molecule has 0 nitrogen and oxygen atoms in total. The second-order valence-corrected chi connectivity index (χ2v) is 16.3. The monoisotopic (exact) mass is 593 g/mol. The zero-order valence-corrected chi connectivity index (χ0v) is 33.5. The fourth-order valence-corrected chi connectivity index (χ4v) is 4.30. The van der Waals surface area contributed by atoms with Gasteiger partial charge in [0.2, 0.25) is 0 Å². The Balaban J connectivity index is -0.000000229. The molecule has 4 atom stereocenters. The molecule has 0 heterocycles. The Morgan fingerprint density at radius 2 is 0.810 bits per heavy atom. The molecule has 0 aliphatic carbocycles. The second kappa shape index (κ2) is 30.5. The van der Waals surface area contributed by atoms with Gasteiger partial charge in [0.25, 0.3) is 0 Å². The first-order valence-corrected chi connectivity index (χ1v) is 18.6. The molecule has 0 bridgehead atoms. The predicted octanol–water partition coefficient (Wildman–Crippen LogP) is 15.2. The van der Waals surface area contributed by atoms with Gasteiger partial charge < -0.3 is 0 Å². The molecule has 0 amide bonds. The Labute approximate surface area is 271 Å². The van der Waals surface area contributed by atoms with Crippen molar-refractivity contribution >= 4 is 0 Å². The van der Waals surface area contributed by atoms with Gasteiger partial charge in [-0.15, -0.1) is 0 Å². The van der Waals surface area contributed by atoms with E-state index < -0.39 is 0 Å². The van der Waals surface area contributed by atoms with Gasteiger partial charge in [-0.25, -0.2) is 0 Å². The lowest BCUT2D eigenvalue weighted by Crippen LogP contribution is -2.08. The van der Waals surface area contributed by atoms with Crippen molar-refractivity contribution in [1.29, 1.82) is 0 Å². The Hall–Kier alpha value is -0.520. The van der Waals surface area contributed by atoms with E-state index in [1.165, 1.54) is 38.5 Å². The van der Waals surface area contributed by atoms with Crippen LogP contribution in [0.3, 0.4) is 0 Å². The summed E-state index contributed by atoms with van der Waals surface area (Å²) in [4.78, 5) is 0. The van der Waals surface area contributed by atoms with E-state index in [1.807, 2.05) is 0 Å². The van der Waals surface area contributed by atoms with Gasteiger partial charge in [0.15, 0.2) is 0 Å². The number of hydrogen-bond donors (Lipinski definition) is 0. The normalized spacial score (nSPS) is 15.0. The molecule has 0 aliphatic heterocycles. The molecule has 256 valence electrons. The lowest BCUT2D eigenvalue weighted by molar-refractivity contribution is 0.322. The minimum Gasteiger partial charge on any atom is -0.0857 e. The van der Waals surface area contributed by atoms with Gasteiger partial charge in [0.05, 0.1) is 0 Å². The molecule has 0 heteroatoms. The van der Waals surface area contributed by atoms with Gasteiger partial charge >= 0.3 is 0 Å². The number of allylic oxidation sites excluding steroid dienone is 4. The summed E-state index contributed by atoms with van der Waals surface area (Å²) >= 11 is 0. The van der Waals surface area contributed by atoms with E-state index in [4.69, 9.17) is 0 Å². The van der Waals surface area contributed by atoms with Crippen LogP contribution in [0.1, 0.15) is 177 Å². The molecule has 0 aromatic carbocycles. The summed E-state index contributed by atoms with van der Waals surface area (Å²) in [6, 6.07) is 0. The molecule has 0 spiro atoms. The van der Waals surface area contributed by atoms with Crippen LogP contribution in [0.4, 0.5) is 0 Å². The Kier molecular flexibility index (Phi) is 35.1. The van der Waals surface area contributed by atoms with E-state index in [2.05, 4.69) is 163 Å². The highest BCUT2D eigenvalue weighted by Crippen LogP contribution is 2.22. The summed E-state index contributed by atoms with van der Waals surface area (Å²) in [6.07, 6.45) is 17.5. The predicted molar refractivity (Wildman–Crippen MR) is 201 cm³/mol. The Morgan fingerprint density at radius 3 is 1.10 bits per heavy atom. The minimum absolute atomic E-state index is 0.696. The average Bonchev–Trinajstić information content (AvgIpc) is 2.86. The van der Waals surface area contributed by atoms with Crippen LogP contribution >= 0.6 is 0 Å². The smallest absolute Gasteiger partial charge is 0.0213 e. The Morgan fingerprint density at radius 1 is 0.381 bits per heavy atom. The SMILES string of the molecule is CC(C)/C=C/C(C)C(C)C.CC(C)CC[C@H](C)C(C)C.CCC(CCC(C)C)C(C)C.CC[C@@H](/C=C/C(C)C)C(C)C. The van der Waals surface area contributed by atoms with Gasteiger partial charge in [0, 0.05) is 0 Å². The van der Waals surface area contributed by atoms with E-state index in [9.17, 15) is 0 Å². The quantitative estimate of drug-likeness (QED) is 0.156. The summed E-state index contributed by atoms with van der Waals surface area (Å²) in [5, 5.41) is 0. The lowest BCUT2D eigenvalue weighted by Gasteiger charge is -2.19. The van der Waals surface area contributed by atoms with Crippen molar-refractivity contribution in [2.45, 2.75) is 177 Å². The van der Waals surface area contributed by atoms with Gasteiger partial charge in [-0.1, -0.05) is 188 Å². The third kappa shape index (κ3) is 37.5.